The fraction of sp³-hybridized carbons (Fsp3) is 1.00. The quantitative estimate of drug-likeness (QED) is 0.839. The third-order valence-electron chi connectivity index (χ3n) is 5.07. The van der Waals surface area contributed by atoms with Crippen LogP contribution in [-0.4, -0.2) is 63.2 Å². The number of hydrogen-bond donors (Lipinski definition) is 1. The van der Waals surface area contributed by atoms with Gasteiger partial charge >= 0.3 is 0 Å². The van der Waals surface area contributed by atoms with Crippen LogP contribution in [0, 0.1) is 0 Å². The summed E-state index contributed by atoms with van der Waals surface area (Å²) in [5.41, 5.74) is 0. The van der Waals surface area contributed by atoms with Crippen LogP contribution in [0.25, 0.3) is 0 Å². The van der Waals surface area contributed by atoms with Gasteiger partial charge in [0.05, 0.1) is 0 Å². The van der Waals surface area contributed by atoms with E-state index in [0.717, 1.165) is 6.54 Å². The number of nitrogens with zero attached hydrogens (tertiary/aromatic N) is 2. The van der Waals surface area contributed by atoms with Gasteiger partial charge in [-0.2, -0.15) is 0 Å². The van der Waals surface area contributed by atoms with Crippen molar-refractivity contribution in [2.45, 2.75) is 76.3 Å². The van der Waals surface area contributed by atoms with Gasteiger partial charge in [0.25, 0.3) is 0 Å². The minimum Gasteiger partial charge on any atom is -0.315 e. The van der Waals surface area contributed by atoms with Crippen molar-refractivity contribution >= 4 is 0 Å². The van der Waals surface area contributed by atoms with Crippen LogP contribution < -0.4 is 5.32 Å². The van der Waals surface area contributed by atoms with Crippen molar-refractivity contribution in [3.05, 3.63) is 0 Å². The van der Waals surface area contributed by atoms with Crippen LogP contribution >= 0.6 is 0 Å². The molecule has 0 aromatic rings. The molecule has 3 nitrogen and oxygen atoms in total. The average Bonchev–Trinajstić information content (AvgIpc) is 2.45. The summed E-state index contributed by atoms with van der Waals surface area (Å²) < 4.78 is 0. The molecular weight excluding hydrogens is 258 g/mol. The minimum atomic E-state index is 0.664. The number of hydrogen-bond acceptors (Lipinski definition) is 3. The van der Waals surface area contributed by atoms with Gasteiger partial charge in [-0.05, 0) is 41.0 Å². The average molecular weight is 298 g/mol. The van der Waals surface area contributed by atoms with Gasteiger partial charge < -0.3 is 15.1 Å². The molecule has 0 bridgehead atoms. The Bertz CT molecular complexity index is 243. The van der Waals surface area contributed by atoms with E-state index in [1.54, 1.807) is 0 Å². The van der Waals surface area contributed by atoms with Gasteiger partial charge in [-0.25, -0.2) is 0 Å². The highest BCUT2D eigenvalue weighted by atomic mass is 15.2. The zero-order chi connectivity index (χ0) is 15.5. The van der Waals surface area contributed by atoms with Gasteiger partial charge in [-0.15, -0.1) is 0 Å². The van der Waals surface area contributed by atoms with Crippen LogP contribution in [0.2, 0.25) is 0 Å². The highest BCUT2D eigenvalue weighted by Gasteiger charge is 2.23. The summed E-state index contributed by atoms with van der Waals surface area (Å²) >= 11 is 0. The van der Waals surface area contributed by atoms with Crippen LogP contribution in [0.1, 0.15) is 64.2 Å². The molecule has 21 heavy (non-hydrogen) atoms. The van der Waals surface area contributed by atoms with Crippen LogP contribution in [0.3, 0.4) is 0 Å². The topological polar surface area (TPSA) is 18.5 Å². The number of rotatable bonds is 5. The molecule has 2 atom stereocenters. The first kappa shape index (κ1) is 18.9. The normalized spacial score (nSPS) is 26.6. The Hall–Kier alpha value is -0.120. The lowest BCUT2D eigenvalue weighted by molar-refractivity contribution is 0.161. The number of nitrogens with one attached hydrogen (secondary N) is 1. The highest BCUT2D eigenvalue weighted by Crippen LogP contribution is 2.20. The minimum absolute atomic E-state index is 0.664. The zero-order valence-electron chi connectivity index (χ0n) is 15.0. The largest absolute Gasteiger partial charge is 0.315 e. The van der Waals surface area contributed by atoms with E-state index in [0.29, 0.717) is 12.1 Å². The summed E-state index contributed by atoms with van der Waals surface area (Å²) in [5, 5.41) is 3.62. The van der Waals surface area contributed by atoms with Crippen molar-refractivity contribution in [3.63, 3.8) is 0 Å². The van der Waals surface area contributed by atoms with Gasteiger partial charge in [0.1, 0.15) is 0 Å². The molecule has 1 rings (SSSR count). The molecule has 1 aliphatic rings. The fourth-order valence-electron chi connectivity index (χ4n) is 3.56. The van der Waals surface area contributed by atoms with Gasteiger partial charge in [-0.3, -0.25) is 0 Å². The first-order valence-electron chi connectivity index (χ1n) is 9.17. The van der Waals surface area contributed by atoms with Gasteiger partial charge in [0, 0.05) is 25.2 Å². The second-order valence-corrected chi connectivity index (χ2v) is 7.15. The molecular formula is C18H39N3. The third kappa shape index (κ3) is 8.18. The van der Waals surface area contributed by atoms with Crippen molar-refractivity contribution in [1.82, 2.24) is 15.1 Å². The molecule has 0 amide bonds. The van der Waals surface area contributed by atoms with Crippen molar-refractivity contribution in [2.24, 2.45) is 0 Å². The lowest BCUT2D eigenvalue weighted by Gasteiger charge is -2.35. The third-order valence-corrected chi connectivity index (χ3v) is 5.07. The standard InChI is InChI=1S/C18H39N3/c1-19-17-13-11-9-7-5-6-8-10-12-14-18(17)21(4)16-15-20(2)3/h17-19H,5-16H2,1-4H3. The summed E-state index contributed by atoms with van der Waals surface area (Å²) in [4.78, 5) is 4.90. The van der Waals surface area contributed by atoms with Crippen LogP contribution in [0.15, 0.2) is 0 Å². The molecule has 3 heteroatoms. The summed E-state index contributed by atoms with van der Waals surface area (Å²) in [6.07, 6.45) is 14.1. The molecule has 0 aromatic carbocycles. The van der Waals surface area contributed by atoms with Crippen LogP contribution in [-0.2, 0) is 0 Å². The Morgan fingerprint density at radius 1 is 0.762 bits per heavy atom. The van der Waals surface area contributed by atoms with E-state index in [1.807, 2.05) is 0 Å². The maximum atomic E-state index is 3.62. The first-order valence-corrected chi connectivity index (χ1v) is 9.17. The van der Waals surface area contributed by atoms with Gasteiger partial charge in [0.2, 0.25) is 0 Å². The Labute approximate surface area is 133 Å². The van der Waals surface area contributed by atoms with E-state index >= 15 is 0 Å². The van der Waals surface area contributed by atoms with E-state index < -0.39 is 0 Å². The Kier molecular flexibility index (Phi) is 10.3. The Morgan fingerprint density at radius 3 is 1.81 bits per heavy atom. The van der Waals surface area contributed by atoms with Crippen molar-refractivity contribution in [1.29, 1.82) is 0 Å². The lowest BCUT2D eigenvalue weighted by atomic mass is 9.93. The summed E-state index contributed by atoms with van der Waals surface area (Å²) in [6, 6.07) is 1.37. The predicted octanol–water partition coefficient (Wildman–Crippen LogP) is 3.35. The molecule has 1 fully saturated rings. The first-order chi connectivity index (χ1) is 10.1. The Morgan fingerprint density at radius 2 is 1.29 bits per heavy atom. The van der Waals surface area contributed by atoms with E-state index in [-0.39, 0.29) is 0 Å². The molecule has 1 N–H and O–H groups in total. The molecule has 2 unspecified atom stereocenters. The van der Waals surface area contributed by atoms with Gasteiger partial charge in [-0.1, -0.05) is 51.4 Å². The Balaban J connectivity index is 2.56. The second-order valence-electron chi connectivity index (χ2n) is 7.15. The van der Waals surface area contributed by atoms with E-state index in [1.165, 1.54) is 70.8 Å². The SMILES string of the molecule is CNC1CCCCCCCCCCC1N(C)CCN(C)C. The highest BCUT2D eigenvalue weighted by molar-refractivity contribution is 4.83. The molecule has 1 aliphatic carbocycles. The van der Waals surface area contributed by atoms with Crippen molar-refractivity contribution in [3.8, 4) is 0 Å². The van der Waals surface area contributed by atoms with Gasteiger partial charge in [0.15, 0.2) is 0 Å². The lowest BCUT2D eigenvalue weighted by Crippen LogP contribution is -2.49. The molecule has 0 aromatic heterocycles. The van der Waals surface area contributed by atoms with E-state index in [4.69, 9.17) is 0 Å². The van der Waals surface area contributed by atoms with E-state index in [9.17, 15) is 0 Å². The monoisotopic (exact) mass is 297 g/mol. The second kappa shape index (κ2) is 11.4. The van der Waals surface area contributed by atoms with E-state index in [2.05, 4.69) is 43.3 Å². The summed E-state index contributed by atoms with van der Waals surface area (Å²) in [7, 11) is 8.82. The van der Waals surface area contributed by atoms with Crippen molar-refractivity contribution < 1.29 is 0 Å². The molecule has 126 valence electrons. The summed E-state index contributed by atoms with van der Waals surface area (Å²) in [6.45, 7) is 2.33. The molecule has 0 saturated heterocycles. The molecule has 0 spiro atoms. The summed E-state index contributed by atoms with van der Waals surface area (Å²) in [5.74, 6) is 0. The number of likely N-dealkylation sites (N-methyl/N-ethyl adjacent to an activating group) is 3. The maximum Gasteiger partial charge on any atom is 0.0246 e. The zero-order valence-corrected chi connectivity index (χ0v) is 15.0. The molecule has 1 saturated carbocycles. The fourth-order valence-corrected chi connectivity index (χ4v) is 3.56. The van der Waals surface area contributed by atoms with Crippen molar-refractivity contribution in [2.75, 3.05) is 41.3 Å². The molecule has 0 heterocycles. The smallest absolute Gasteiger partial charge is 0.0246 e. The van der Waals surface area contributed by atoms with Crippen LogP contribution in [0.5, 0.6) is 0 Å². The van der Waals surface area contributed by atoms with Crippen LogP contribution in [0.4, 0.5) is 0 Å². The molecule has 0 radical (unpaired) electrons. The maximum absolute atomic E-state index is 3.62. The predicted molar refractivity (Wildman–Crippen MR) is 94.0 cm³/mol. The molecule has 0 aliphatic heterocycles.